The highest BCUT2D eigenvalue weighted by molar-refractivity contribution is 5.78. The third-order valence-electron chi connectivity index (χ3n) is 4.35. The smallest absolute Gasteiger partial charge is 0.224 e. The van der Waals surface area contributed by atoms with E-state index in [-0.39, 0.29) is 12.5 Å². The molecule has 3 heteroatoms. The van der Waals surface area contributed by atoms with Gasteiger partial charge in [-0.3, -0.25) is 4.79 Å². The SMILES string of the molecule is Cc1ccc(CC(=O)NCC2CCCCC2CO)cc1. The lowest BCUT2D eigenvalue weighted by molar-refractivity contribution is -0.120. The summed E-state index contributed by atoms with van der Waals surface area (Å²) in [5.41, 5.74) is 2.26. The summed E-state index contributed by atoms with van der Waals surface area (Å²) in [6, 6.07) is 8.08. The molecule has 1 amide bonds. The molecular formula is C17H25NO2. The number of aliphatic hydroxyl groups is 1. The van der Waals surface area contributed by atoms with Gasteiger partial charge in [0.2, 0.25) is 5.91 Å². The molecule has 0 bridgehead atoms. The van der Waals surface area contributed by atoms with E-state index in [0.29, 0.717) is 24.8 Å². The topological polar surface area (TPSA) is 49.3 Å². The maximum absolute atomic E-state index is 12.0. The number of benzene rings is 1. The molecule has 1 aliphatic carbocycles. The number of amides is 1. The third-order valence-corrected chi connectivity index (χ3v) is 4.35. The van der Waals surface area contributed by atoms with Crippen LogP contribution in [0.5, 0.6) is 0 Å². The summed E-state index contributed by atoms with van der Waals surface area (Å²) in [5.74, 6) is 0.884. The second-order valence-corrected chi connectivity index (χ2v) is 5.95. The van der Waals surface area contributed by atoms with Crippen LogP contribution in [-0.4, -0.2) is 24.2 Å². The van der Waals surface area contributed by atoms with Crippen LogP contribution in [0, 0.1) is 18.8 Å². The zero-order valence-corrected chi connectivity index (χ0v) is 12.3. The summed E-state index contributed by atoms with van der Waals surface area (Å²) < 4.78 is 0. The molecule has 2 N–H and O–H groups in total. The quantitative estimate of drug-likeness (QED) is 0.867. The fraction of sp³-hybridized carbons (Fsp3) is 0.588. The van der Waals surface area contributed by atoms with Gasteiger partial charge in [0.15, 0.2) is 0 Å². The molecule has 0 radical (unpaired) electrons. The summed E-state index contributed by atoms with van der Waals surface area (Å²) in [7, 11) is 0. The van der Waals surface area contributed by atoms with E-state index in [1.165, 1.54) is 18.4 Å². The first-order chi connectivity index (χ1) is 9.69. The lowest BCUT2D eigenvalue weighted by atomic mass is 9.79. The first-order valence-electron chi connectivity index (χ1n) is 7.62. The second kappa shape index (κ2) is 7.44. The van der Waals surface area contributed by atoms with Crippen molar-refractivity contribution in [3.05, 3.63) is 35.4 Å². The molecule has 1 saturated carbocycles. The summed E-state index contributed by atoms with van der Waals surface area (Å²) in [4.78, 5) is 12.0. The van der Waals surface area contributed by atoms with E-state index in [0.717, 1.165) is 18.4 Å². The van der Waals surface area contributed by atoms with Crippen LogP contribution in [0.1, 0.15) is 36.8 Å². The lowest BCUT2D eigenvalue weighted by Crippen LogP contribution is -2.36. The summed E-state index contributed by atoms with van der Waals surface area (Å²) in [5, 5.41) is 12.4. The number of nitrogens with one attached hydrogen (secondary N) is 1. The Kier molecular flexibility index (Phi) is 5.60. The van der Waals surface area contributed by atoms with Gasteiger partial charge >= 0.3 is 0 Å². The first-order valence-corrected chi connectivity index (χ1v) is 7.62. The monoisotopic (exact) mass is 275 g/mol. The average molecular weight is 275 g/mol. The highest BCUT2D eigenvalue weighted by Gasteiger charge is 2.24. The van der Waals surface area contributed by atoms with E-state index in [9.17, 15) is 9.90 Å². The highest BCUT2D eigenvalue weighted by atomic mass is 16.3. The number of carbonyl (C=O) groups is 1. The van der Waals surface area contributed by atoms with E-state index in [1.54, 1.807) is 0 Å². The fourth-order valence-electron chi connectivity index (χ4n) is 2.99. The average Bonchev–Trinajstić information content (AvgIpc) is 2.48. The van der Waals surface area contributed by atoms with Crippen molar-refractivity contribution in [2.75, 3.05) is 13.2 Å². The van der Waals surface area contributed by atoms with Crippen molar-refractivity contribution in [2.45, 2.75) is 39.0 Å². The standard InChI is InChI=1S/C17H25NO2/c1-13-6-8-14(9-7-13)10-17(20)18-11-15-4-2-3-5-16(15)12-19/h6-9,15-16,19H,2-5,10-12H2,1H3,(H,18,20). The van der Waals surface area contributed by atoms with Crippen molar-refractivity contribution < 1.29 is 9.90 Å². The largest absolute Gasteiger partial charge is 0.396 e. The van der Waals surface area contributed by atoms with Crippen LogP contribution >= 0.6 is 0 Å². The predicted octanol–water partition coefficient (Wildman–Crippen LogP) is 2.45. The Hall–Kier alpha value is -1.35. The van der Waals surface area contributed by atoms with Crippen LogP contribution in [0.3, 0.4) is 0 Å². The van der Waals surface area contributed by atoms with Gasteiger partial charge in [0.05, 0.1) is 6.42 Å². The van der Waals surface area contributed by atoms with Crippen molar-refractivity contribution in [3.8, 4) is 0 Å². The van der Waals surface area contributed by atoms with Crippen molar-refractivity contribution in [2.24, 2.45) is 11.8 Å². The summed E-state index contributed by atoms with van der Waals surface area (Å²) in [6.07, 6.45) is 5.08. The van der Waals surface area contributed by atoms with Gasteiger partial charge < -0.3 is 10.4 Å². The molecule has 0 heterocycles. The fourth-order valence-corrected chi connectivity index (χ4v) is 2.99. The molecular weight excluding hydrogens is 250 g/mol. The van der Waals surface area contributed by atoms with Gasteiger partial charge in [-0.15, -0.1) is 0 Å². The molecule has 1 fully saturated rings. The minimum atomic E-state index is 0.0797. The van der Waals surface area contributed by atoms with Crippen molar-refractivity contribution in [3.63, 3.8) is 0 Å². The number of carbonyl (C=O) groups excluding carboxylic acids is 1. The van der Waals surface area contributed by atoms with Crippen LogP contribution in [0.25, 0.3) is 0 Å². The van der Waals surface area contributed by atoms with Crippen LogP contribution in [-0.2, 0) is 11.2 Å². The zero-order valence-electron chi connectivity index (χ0n) is 12.3. The second-order valence-electron chi connectivity index (χ2n) is 5.95. The minimum absolute atomic E-state index is 0.0797. The summed E-state index contributed by atoms with van der Waals surface area (Å²) in [6.45, 7) is 3.00. The van der Waals surface area contributed by atoms with E-state index in [4.69, 9.17) is 0 Å². The predicted molar refractivity (Wildman–Crippen MR) is 80.4 cm³/mol. The first kappa shape index (κ1) is 15.0. The third kappa shape index (κ3) is 4.34. The molecule has 1 aromatic carbocycles. The molecule has 0 spiro atoms. The number of hydrogen-bond donors (Lipinski definition) is 2. The Morgan fingerprint density at radius 1 is 1.20 bits per heavy atom. The molecule has 110 valence electrons. The molecule has 20 heavy (non-hydrogen) atoms. The lowest BCUT2D eigenvalue weighted by Gasteiger charge is -2.30. The van der Waals surface area contributed by atoms with Crippen LogP contribution in [0.2, 0.25) is 0 Å². The van der Waals surface area contributed by atoms with Gasteiger partial charge in [0, 0.05) is 13.2 Å². The molecule has 0 aliphatic heterocycles. The zero-order chi connectivity index (χ0) is 14.4. The van der Waals surface area contributed by atoms with Gasteiger partial charge in [-0.25, -0.2) is 0 Å². The number of hydrogen-bond acceptors (Lipinski definition) is 2. The van der Waals surface area contributed by atoms with E-state index in [1.807, 2.05) is 31.2 Å². The number of rotatable bonds is 5. The van der Waals surface area contributed by atoms with E-state index < -0.39 is 0 Å². The van der Waals surface area contributed by atoms with E-state index in [2.05, 4.69) is 5.32 Å². The van der Waals surface area contributed by atoms with Gasteiger partial charge in [0.1, 0.15) is 0 Å². The Labute approximate surface area is 121 Å². The molecule has 1 aliphatic rings. The maximum atomic E-state index is 12.0. The van der Waals surface area contributed by atoms with Crippen LogP contribution < -0.4 is 5.32 Å². The molecule has 2 atom stereocenters. The Balaban J connectivity index is 1.78. The molecule has 2 unspecified atom stereocenters. The van der Waals surface area contributed by atoms with Gasteiger partial charge in [-0.2, -0.15) is 0 Å². The normalized spacial score (nSPS) is 22.5. The van der Waals surface area contributed by atoms with E-state index >= 15 is 0 Å². The maximum Gasteiger partial charge on any atom is 0.224 e. The van der Waals surface area contributed by atoms with Crippen LogP contribution in [0.15, 0.2) is 24.3 Å². The van der Waals surface area contributed by atoms with Gasteiger partial charge in [0.25, 0.3) is 0 Å². The van der Waals surface area contributed by atoms with Crippen LogP contribution in [0.4, 0.5) is 0 Å². The Bertz CT molecular complexity index is 427. The molecule has 3 nitrogen and oxygen atoms in total. The molecule has 2 rings (SSSR count). The van der Waals surface area contributed by atoms with Crippen molar-refractivity contribution in [1.82, 2.24) is 5.32 Å². The minimum Gasteiger partial charge on any atom is -0.396 e. The van der Waals surface area contributed by atoms with Gasteiger partial charge in [-0.05, 0) is 37.2 Å². The Morgan fingerprint density at radius 3 is 2.50 bits per heavy atom. The highest BCUT2D eigenvalue weighted by Crippen LogP contribution is 2.29. The molecule has 0 saturated heterocycles. The molecule has 1 aromatic rings. The summed E-state index contributed by atoms with van der Waals surface area (Å²) >= 11 is 0. The molecule has 0 aromatic heterocycles. The number of aryl methyl sites for hydroxylation is 1. The van der Waals surface area contributed by atoms with Crippen molar-refractivity contribution in [1.29, 1.82) is 0 Å². The Morgan fingerprint density at radius 2 is 1.85 bits per heavy atom. The number of aliphatic hydroxyl groups excluding tert-OH is 1. The van der Waals surface area contributed by atoms with Crippen molar-refractivity contribution >= 4 is 5.91 Å². The van der Waals surface area contributed by atoms with Gasteiger partial charge in [-0.1, -0.05) is 42.7 Å².